The summed E-state index contributed by atoms with van der Waals surface area (Å²) < 4.78 is 1.70. The van der Waals surface area contributed by atoms with Crippen molar-refractivity contribution in [3.63, 3.8) is 0 Å². The van der Waals surface area contributed by atoms with Gasteiger partial charge in [-0.1, -0.05) is 25.5 Å². The summed E-state index contributed by atoms with van der Waals surface area (Å²) in [6.45, 7) is 3.72. The van der Waals surface area contributed by atoms with Gasteiger partial charge in [0.05, 0.1) is 0 Å². The van der Waals surface area contributed by atoms with Crippen molar-refractivity contribution in [2.24, 2.45) is 0 Å². The third kappa shape index (κ3) is 2.43. The number of carboxylic acids is 1. The number of rotatable bonds is 3. The second-order valence-corrected chi connectivity index (χ2v) is 3.85. The van der Waals surface area contributed by atoms with Crippen LogP contribution in [0, 0.1) is 6.20 Å². The first-order valence-corrected chi connectivity index (χ1v) is 5.39. The summed E-state index contributed by atoms with van der Waals surface area (Å²) in [6.07, 6.45) is 4.02. The molecule has 0 bridgehead atoms. The number of para-hydroxylation sites is 1. The second-order valence-electron chi connectivity index (χ2n) is 3.85. The van der Waals surface area contributed by atoms with Crippen LogP contribution in [0.5, 0.6) is 0 Å². The van der Waals surface area contributed by atoms with Crippen molar-refractivity contribution in [2.45, 2.75) is 26.3 Å². The molecule has 17 heavy (non-hydrogen) atoms. The molecule has 1 aromatic carbocycles. The smallest absolute Gasteiger partial charge is 0.324 e. The first kappa shape index (κ1) is 14.0. The van der Waals surface area contributed by atoms with Crippen LogP contribution in [0.15, 0.2) is 24.3 Å². The van der Waals surface area contributed by atoms with Crippen LogP contribution in [0.25, 0.3) is 10.9 Å². The van der Waals surface area contributed by atoms with Gasteiger partial charge in [-0.05, 0) is 6.92 Å². The summed E-state index contributed by atoms with van der Waals surface area (Å²) in [6, 6.07) is 7.25. The quantitative estimate of drug-likeness (QED) is 0.803. The molecule has 1 radical (unpaired) electrons. The normalized spacial score (nSPS) is 12.1. The van der Waals surface area contributed by atoms with Gasteiger partial charge >= 0.3 is 5.97 Å². The zero-order valence-electron chi connectivity index (χ0n) is 9.77. The number of nitrogens with zero attached hydrogens (tertiary/aromatic N) is 1. The number of aromatic nitrogens is 1. The summed E-state index contributed by atoms with van der Waals surface area (Å²) in [5.74, 6) is -0.834. The molecule has 1 heterocycles. The molecule has 0 amide bonds. The standard InChI is InChI=1S/C13H14NO2.Re/c1-3-10-8-14(9(2)13(15)16)12-7-5-4-6-11(10)12;/h4-7,9H,3H2,1-2H3,(H,15,16);/q-1;. The van der Waals surface area contributed by atoms with Gasteiger partial charge in [-0.25, -0.2) is 0 Å². The molecule has 0 aliphatic rings. The van der Waals surface area contributed by atoms with Crippen molar-refractivity contribution in [1.29, 1.82) is 0 Å². The number of carbonyl (C=O) groups is 1. The van der Waals surface area contributed by atoms with Gasteiger partial charge in [-0.2, -0.15) is 5.39 Å². The zero-order valence-corrected chi connectivity index (χ0v) is 12.5. The number of hydrogen-bond donors (Lipinski definition) is 1. The predicted octanol–water partition coefficient (Wildman–Crippen LogP) is 2.65. The maximum Gasteiger partial charge on any atom is 0.324 e. The molecule has 1 aromatic heterocycles. The van der Waals surface area contributed by atoms with Crippen LogP contribution >= 0.6 is 0 Å². The van der Waals surface area contributed by atoms with Crippen LogP contribution < -0.4 is 0 Å². The molecule has 1 atom stereocenters. The number of benzene rings is 1. The van der Waals surface area contributed by atoms with Gasteiger partial charge in [-0.15, -0.1) is 29.4 Å². The van der Waals surface area contributed by atoms with Crippen molar-refractivity contribution in [1.82, 2.24) is 4.57 Å². The fraction of sp³-hybridized carbons (Fsp3) is 0.308. The molecule has 0 aliphatic carbocycles. The van der Waals surface area contributed by atoms with Gasteiger partial charge in [0.2, 0.25) is 0 Å². The van der Waals surface area contributed by atoms with Crippen molar-refractivity contribution in [2.75, 3.05) is 0 Å². The molecule has 0 saturated heterocycles. The molecule has 4 heteroatoms. The third-order valence-corrected chi connectivity index (χ3v) is 2.84. The Balaban J connectivity index is 0.00000144. The molecule has 0 saturated carbocycles. The monoisotopic (exact) mass is 403 g/mol. The maximum absolute atomic E-state index is 11.0. The minimum Gasteiger partial charge on any atom is -0.480 e. The minimum absolute atomic E-state index is 0. The average Bonchev–Trinajstić information content (AvgIpc) is 2.66. The Morgan fingerprint density at radius 2 is 2.12 bits per heavy atom. The van der Waals surface area contributed by atoms with E-state index in [1.54, 1.807) is 11.5 Å². The van der Waals surface area contributed by atoms with E-state index in [9.17, 15) is 4.79 Å². The molecule has 0 spiro atoms. The summed E-state index contributed by atoms with van der Waals surface area (Å²) in [7, 11) is 0. The van der Waals surface area contributed by atoms with Crippen LogP contribution in [0.3, 0.4) is 0 Å². The maximum atomic E-state index is 11.0. The molecule has 0 aliphatic heterocycles. The van der Waals surface area contributed by atoms with Crippen molar-refractivity contribution in [3.05, 3.63) is 36.0 Å². The molecule has 1 unspecified atom stereocenters. The number of aliphatic carboxylic acids is 1. The van der Waals surface area contributed by atoms with Gasteiger partial charge in [0.25, 0.3) is 0 Å². The van der Waals surface area contributed by atoms with Gasteiger partial charge in [-0.3, -0.25) is 4.79 Å². The van der Waals surface area contributed by atoms with Crippen molar-refractivity contribution < 1.29 is 30.3 Å². The third-order valence-electron chi connectivity index (χ3n) is 2.84. The Morgan fingerprint density at radius 1 is 1.47 bits per heavy atom. The van der Waals surface area contributed by atoms with E-state index in [4.69, 9.17) is 5.11 Å². The molecule has 91 valence electrons. The van der Waals surface area contributed by atoms with Crippen LogP contribution in [0.1, 0.15) is 25.5 Å². The van der Waals surface area contributed by atoms with Gasteiger partial charge < -0.3 is 9.67 Å². The molecular formula is C13H14NO2Re-. The first-order chi connectivity index (χ1) is 7.65. The van der Waals surface area contributed by atoms with E-state index in [2.05, 4.69) is 6.20 Å². The van der Waals surface area contributed by atoms with Gasteiger partial charge in [0.1, 0.15) is 6.04 Å². The Kier molecular flexibility index (Phi) is 4.50. The van der Waals surface area contributed by atoms with E-state index in [-0.39, 0.29) is 20.4 Å². The Morgan fingerprint density at radius 3 is 2.71 bits per heavy atom. The Hall–Kier alpha value is -1.11. The predicted molar refractivity (Wildman–Crippen MR) is 62.5 cm³/mol. The van der Waals surface area contributed by atoms with E-state index in [1.807, 2.05) is 31.2 Å². The largest absolute Gasteiger partial charge is 0.480 e. The van der Waals surface area contributed by atoms with E-state index in [0.717, 1.165) is 22.9 Å². The van der Waals surface area contributed by atoms with E-state index >= 15 is 0 Å². The summed E-state index contributed by atoms with van der Waals surface area (Å²) in [5.41, 5.74) is 2.01. The second kappa shape index (κ2) is 5.48. The Bertz CT molecular complexity index is 533. The molecule has 2 aromatic rings. The SMILES string of the molecule is CCc1[c-]n(C(C)C(=O)O)c2ccccc12.[Re]. The number of fused-ring (bicyclic) bond motifs is 1. The van der Waals surface area contributed by atoms with Crippen LogP contribution in [0.4, 0.5) is 0 Å². The molecule has 1 N–H and O–H groups in total. The number of hydrogen-bond acceptors (Lipinski definition) is 1. The van der Waals surface area contributed by atoms with Crippen LogP contribution in [-0.2, 0) is 31.6 Å². The summed E-state index contributed by atoms with van der Waals surface area (Å²) >= 11 is 0. The first-order valence-electron chi connectivity index (χ1n) is 5.39. The molecule has 3 nitrogen and oxygen atoms in total. The fourth-order valence-electron chi connectivity index (χ4n) is 1.89. The van der Waals surface area contributed by atoms with E-state index < -0.39 is 12.0 Å². The van der Waals surface area contributed by atoms with Gasteiger partial charge in [0, 0.05) is 20.4 Å². The summed E-state index contributed by atoms with van der Waals surface area (Å²) in [5, 5.41) is 10.1. The minimum atomic E-state index is -0.834. The fourth-order valence-corrected chi connectivity index (χ4v) is 1.89. The molecule has 0 fully saturated rings. The van der Waals surface area contributed by atoms with Crippen LogP contribution in [0.2, 0.25) is 0 Å². The molecule has 2 rings (SSSR count). The topological polar surface area (TPSA) is 42.2 Å². The zero-order chi connectivity index (χ0) is 11.7. The van der Waals surface area contributed by atoms with Crippen molar-refractivity contribution in [3.8, 4) is 0 Å². The van der Waals surface area contributed by atoms with E-state index in [1.165, 1.54) is 0 Å². The van der Waals surface area contributed by atoms with Crippen molar-refractivity contribution >= 4 is 16.9 Å². The van der Waals surface area contributed by atoms with Crippen LogP contribution in [-0.4, -0.2) is 15.6 Å². The van der Waals surface area contributed by atoms with E-state index in [0.29, 0.717) is 0 Å². The number of aryl methyl sites for hydroxylation is 1. The Labute approximate surface area is 114 Å². The molecular weight excluding hydrogens is 388 g/mol. The summed E-state index contributed by atoms with van der Waals surface area (Å²) in [4.78, 5) is 11.0. The van der Waals surface area contributed by atoms with Gasteiger partial charge in [0.15, 0.2) is 0 Å². The average molecular weight is 402 g/mol. The number of carboxylic acid groups (broad SMARTS) is 1.